The highest BCUT2D eigenvalue weighted by molar-refractivity contribution is 6.37. The van der Waals surface area contributed by atoms with Crippen LogP contribution in [-0.2, 0) is 13.5 Å². The van der Waals surface area contributed by atoms with E-state index >= 15 is 0 Å². The molecule has 2 aromatic heterocycles. The van der Waals surface area contributed by atoms with Crippen LogP contribution in [0.4, 0.5) is 0 Å². The van der Waals surface area contributed by atoms with Gasteiger partial charge in [0.2, 0.25) is 0 Å². The van der Waals surface area contributed by atoms with E-state index in [9.17, 15) is 10.1 Å². The molecule has 0 saturated carbocycles. The van der Waals surface area contributed by atoms with Gasteiger partial charge in [-0.05, 0) is 48.6 Å². The third-order valence-electron chi connectivity index (χ3n) is 5.94. The summed E-state index contributed by atoms with van der Waals surface area (Å²) in [6, 6.07) is 8.06. The van der Waals surface area contributed by atoms with Gasteiger partial charge in [0.1, 0.15) is 5.69 Å². The van der Waals surface area contributed by atoms with Crippen LogP contribution in [-0.4, -0.2) is 33.4 Å². The largest absolute Gasteiger partial charge is 0.347 e. The molecule has 3 aromatic rings. The van der Waals surface area contributed by atoms with Crippen LogP contribution in [0.25, 0.3) is 10.9 Å². The molecule has 0 spiro atoms. The minimum absolute atomic E-state index is 0.145. The zero-order valence-corrected chi connectivity index (χ0v) is 18.7. The molecular weight excluding hydrogens is 419 g/mol. The highest BCUT2D eigenvalue weighted by atomic mass is 35.5. The maximum absolute atomic E-state index is 13.0. The Kier molecular flexibility index (Phi) is 5.48. The molecule has 154 valence electrons. The van der Waals surface area contributed by atoms with Gasteiger partial charge in [0.25, 0.3) is 5.91 Å². The fourth-order valence-corrected chi connectivity index (χ4v) is 4.72. The summed E-state index contributed by atoms with van der Waals surface area (Å²) < 4.78 is 2.04. The average molecular weight is 441 g/mol. The number of carbonyl (C=O) groups is 1. The number of fused-ring (bicyclic) bond motifs is 1. The van der Waals surface area contributed by atoms with Crippen LogP contribution in [0, 0.1) is 24.2 Å². The molecule has 1 fully saturated rings. The number of likely N-dealkylation sites (tertiary alicyclic amines) is 1. The number of aromatic nitrogens is 2. The molecule has 3 heterocycles. The molecule has 4 rings (SSSR count). The van der Waals surface area contributed by atoms with Crippen LogP contribution in [0.3, 0.4) is 0 Å². The van der Waals surface area contributed by atoms with Crippen LogP contribution in [0.1, 0.15) is 46.2 Å². The zero-order valence-electron chi connectivity index (χ0n) is 17.2. The van der Waals surface area contributed by atoms with E-state index in [0.717, 1.165) is 41.7 Å². The Bertz CT molecular complexity index is 1210. The first-order chi connectivity index (χ1) is 14.3. The van der Waals surface area contributed by atoms with Crippen LogP contribution < -0.4 is 0 Å². The lowest BCUT2D eigenvalue weighted by Gasteiger charge is -2.17. The molecule has 1 unspecified atom stereocenters. The standard InChI is InChI=1S/C23H22Cl2N4O/c1-13-4-5-29(12-13)23(30)22-21(25)18(19(24)11-27-22)9-16-8-17-14(2)6-15(10-26)7-20(17)28(16)3/h6-8,11,13H,4-5,9,12H2,1-3H3. The Balaban J connectivity index is 1.73. The number of hydrogen-bond acceptors (Lipinski definition) is 3. The summed E-state index contributed by atoms with van der Waals surface area (Å²) in [5.74, 6) is 0.339. The van der Waals surface area contributed by atoms with E-state index in [1.807, 2.05) is 30.7 Å². The molecule has 1 atom stereocenters. The van der Waals surface area contributed by atoms with Gasteiger partial charge in [-0.1, -0.05) is 30.1 Å². The number of carbonyl (C=O) groups excluding carboxylic acids is 1. The van der Waals surface area contributed by atoms with Crippen LogP contribution >= 0.6 is 23.2 Å². The van der Waals surface area contributed by atoms with Crippen molar-refractivity contribution in [3.05, 3.63) is 62.5 Å². The SMILES string of the molecule is Cc1cc(C#N)cc2c1cc(Cc1c(Cl)cnc(C(=O)N3CCC(C)C3)c1Cl)n2C. The molecule has 0 bridgehead atoms. The van der Waals surface area contributed by atoms with E-state index in [2.05, 4.69) is 24.0 Å². The van der Waals surface area contributed by atoms with Gasteiger partial charge >= 0.3 is 0 Å². The van der Waals surface area contributed by atoms with Gasteiger partial charge in [-0.2, -0.15) is 5.26 Å². The summed E-state index contributed by atoms with van der Waals surface area (Å²) in [6.07, 6.45) is 2.96. The van der Waals surface area contributed by atoms with E-state index in [4.69, 9.17) is 23.2 Å². The molecule has 5 nitrogen and oxygen atoms in total. The summed E-state index contributed by atoms with van der Waals surface area (Å²) in [7, 11) is 1.96. The van der Waals surface area contributed by atoms with Gasteiger partial charge in [-0.15, -0.1) is 0 Å². The van der Waals surface area contributed by atoms with Gasteiger partial charge < -0.3 is 9.47 Å². The third kappa shape index (κ3) is 3.55. The minimum atomic E-state index is -0.145. The molecular formula is C23H22Cl2N4O. The molecule has 0 aliphatic carbocycles. The Hall–Kier alpha value is -2.55. The lowest BCUT2D eigenvalue weighted by Crippen LogP contribution is -2.29. The topological polar surface area (TPSA) is 61.9 Å². The first kappa shape index (κ1) is 20.7. The summed E-state index contributed by atoms with van der Waals surface area (Å²) >= 11 is 13.1. The number of nitriles is 1. The summed E-state index contributed by atoms with van der Waals surface area (Å²) in [4.78, 5) is 19.0. The van der Waals surface area contributed by atoms with Gasteiger partial charge in [0.05, 0.1) is 21.7 Å². The monoisotopic (exact) mass is 440 g/mol. The molecule has 1 aliphatic heterocycles. The molecule has 0 radical (unpaired) electrons. The van der Waals surface area contributed by atoms with E-state index in [-0.39, 0.29) is 11.6 Å². The number of aryl methyl sites for hydroxylation is 2. The maximum Gasteiger partial charge on any atom is 0.274 e. The molecule has 30 heavy (non-hydrogen) atoms. The average Bonchev–Trinajstić information content (AvgIpc) is 3.29. The summed E-state index contributed by atoms with van der Waals surface area (Å²) in [5.41, 5.74) is 4.58. The van der Waals surface area contributed by atoms with Crippen molar-refractivity contribution in [2.45, 2.75) is 26.7 Å². The number of hydrogen-bond donors (Lipinski definition) is 0. The highest BCUT2D eigenvalue weighted by Gasteiger charge is 2.28. The number of halogens is 2. The fourth-order valence-electron chi connectivity index (χ4n) is 4.16. The van der Waals surface area contributed by atoms with Crippen molar-refractivity contribution in [1.82, 2.24) is 14.5 Å². The van der Waals surface area contributed by atoms with Gasteiger partial charge in [0, 0.05) is 49.4 Å². The minimum Gasteiger partial charge on any atom is -0.347 e. The van der Waals surface area contributed by atoms with Crippen molar-refractivity contribution in [3.63, 3.8) is 0 Å². The number of rotatable bonds is 3. The molecule has 1 saturated heterocycles. The summed E-state index contributed by atoms with van der Waals surface area (Å²) in [5, 5.41) is 11.1. The second-order valence-corrected chi connectivity index (χ2v) is 8.89. The first-order valence-corrected chi connectivity index (χ1v) is 10.7. The van der Waals surface area contributed by atoms with Crippen molar-refractivity contribution in [2.75, 3.05) is 13.1 Å². The predicted octanol–water partition coefficient (Wildman–Crippen LogP) is 5.13. The molecule has 1 aliphatic rings. The lowest BCUT2D eigenvalue weighted by molar-refractivity contribution is 0.0782. The normalized spacial score (nSPS) is 16.3. The zero-order chi connectivity index (χ0) is 21.6. The number of amides is 1. The second-order valence-electron chi connectivity index (χ2n) is 8.10. The number of benzene rings is 1. The quantitative estimate of drug-likeness (QED) is 0.566. The Morgan fingerprint density at radius 1 is 1.33 bits per heavy atom. The maximum atomic E-state index is 13.0. The van der Waals surface area contributed by atoms with Crippen molar-refractivity contribution in [2.24, 2.45) is 13.0 Å². The molecule has 1 amide bonds. The van der Waals surface area contributed by atoms with E-state index in [1.165, 1.54) is 6.20 Å². The Morgan fingerprint density at radius 3 is 2.77 bits per heavy atom. The smallest absolute Gasteiger partial charge is 0.274 e. The number of nitrogens with zero attached hydrogens (tertiary/aromatic N) is 4. The summed E-state index contributed by atoms with van der Waals surface area (Å²) in [6.45, 7) is 5.57. The molecule has 1 aromatic carbocycles. The van der Waals surface area contributed by atoms with Crippen LogP contribution in [0.5, 0.6) is 0 Å². The van der Waals surface area contributed by atoms with E-state index in [1.54, 1.807) is 4.90 Å². The third-order valence-corrected chi connectivity index (χ3v) is 6.67. The lowest BCUT2D eigenvalue weighted by atomic mass is 10.1. The van der Waals surface area contributed by atoms with Gasteiger partial charge in [-0.25, -0.2) is 4.98 Å². The van der Waals surface area contributed by atoms with Gasteiger partial charge in [-0.3, -0.25) is 4.79 Å². The second kappa shape index (κ2) is 7.94. The highest BCUT2D eigenvalue weighted by Crippen LogP contribution is 2.32. The molecule has 0 N–H and O–H groups in total. The molecule has 7 heteroatoms. The Morgan fingerprint density at radius 2 is 2.10 bits per heavy atom. The van der Waals surface area contributed by atoms with Crippen LogP contribution in [0.2, 0.25) is 10.0 Å². The van der Waals surface area contributed by atoms with E-state index < -0.39 is 0 Å². The van der Waals surface area contributed by atoms with Crippen molar-refractivity contribution < 1.29 is 4.79 Å². The van der Waals surface area contributed by atoms with E-state index in [0.29, 0.717) is 33.5 Å². The number of pyridine rings is 1. The van der Waals surface area contributed by atoms with Crippen molar-refractivity contribution in [3.8, 4) is 6.07 Å². The van der Waals surface area contributed by atoms with Crippen molar-refractivity contribution in [1.29, 1.82) is 5.26 Å². The fraction of sp³-hybridized carbons (Fsp3) is 0.348. The predicted molar refractivity (Wildman–Crippen MR) is 119 cm³/mol. The Labute approximate surface area is 185 Å². The van der Waals surface area contributed by atoms with Crippen LogP contribution in [0.15, 0.2) is 24.4 Å². The van der Waals surface area contributed by atoms with Crippen molar-refractivity contribution >= 4 is 40.0 Å². The first-order valence-electron chi connectivity index (χ1n) is 9.91. The van der Waals surface area contributed by atoms with Gasteiger partial charge in [0.15, 0.2) is 0 Å².